The number of benzene rings is 2. The first kappa shape index (κ1) is 19.6. The number of hydrogen-bond donors (Lipinski definition) is 1. The highest BCUT2D eigenvalue weighted by molar-refractivity contribution is 5.96. The third-order valence-corrected chi connectivity index (χ3v) is 5.72. The minimum atomic E-state index is -0.232. The van der Waals surface area contributed by atoms with E-state index < -0.39 is 0 Å². The maximum atomic E-state index is 13.1. The van der Waals surface area contributed by atoms with E-state index in [2.05, 4.69) is 10.2 Å². The molecule has 0 spiro atoms. The summed E-state index contributed by atoms with van der Waals surface area (Å²) in [4.78, 5) is 28.7. The van der Waals surface area contributed by atoms with Crippen molar-refractivity contribution in [3.8, 4) is 0 Å². The molecule has 2 aromatic carbocycles. The number of amides is 2. The number of anilines is 2. The second kappa shape index (κ2) is 8.74. The Morgan fingerprint density at radius 2 is 1.79 bits per heavy atom. The van der Waals surface area contributed by atoms with Crippen LogP contribution in [0.25, 0.3) is 0 Å². The molecule has 2 amide bonds. The third-order valence-electron chi connectivity index (χ3n) is 5.72. The average molecular weight is 395 g/mol. The van der Waals surface area contributed by atoms with Gasteiger partial charge in [0.05, 0.1) is 5.92 Å². The van der Waals surface area contributed by atoms with E-state index in [4.69, 9.17) is 0 Å². The summed E-state index contributed by atoms with van der Waals surface area (Å²) in [6.45, 7) is 3.13. The van der Waals surface area contributed by atoms with Crippen LogP contribution in [0.2, 0.25) is 0 Å². The van der Waals surface area contributed by atoms with Gasteiger partial charge in [0.1, 0.15) is 5.82 Å². The predicted octanol–water partition coefficient (Wildman–Crippen LogP) is 3.80. The number of piperidine rings is 1. The Balaban J connectivity index is 1.33. The van der Waals surface area contributed by atoms with E-state index in [1.54, 1.807) is 17.0 Å². The van der Waals surface area contributed by atoms with Crippen LogP contribution in [0.1, 0.15) is 31.2 Å². The summed E-state index contributed by atoms with van der Waals surface area (Å²) in [6, 6.07) is 14.0. The van der Waals surface area contributed by atoms with E-state index in [0.717, 1.165) is 55.8 Å². The van der Waals surface area contributed by atoms with Gasteiger partial charge in [0.15, 0.2) is 0 Å². The van der Waals surface area contributed by atoms with Gasteiger partial charge >= 0.3 is 0 Å². The van der Waals surface area contributed by atoms with Gasteiger partial charge in [-0.15, -0.1) is 0 Å². The number of hydrogen-bond acceptors (Lipinski definition) is 3. The molecule has 0 aliphatic carbocycles. The molecular formula is C23H26FN3O2. The summed E-state index contributed by atoms with van der Waals surface area (Å²) in [5, 5.41) is 3.01. The second-order valence-electron chi connectivity index (χ2n) is 7.89. The quantitative estimate of drug-likeness (QED) is 0.838. The van der Waals surface area contributed by atoms with Crippen LogP contribution in [0.4, 0.5) is 15.8 Å². The summed E-state index contributed by atoms with van der Waals surface area (Å²) in [7, 11) is 0. The van der Waals surface area contributed by atoms with Crippen molar-refractivity contribution < 1.29 is 14.0 Å². The minimum absolute atomic E-state index is 0.0267. The Morgan fingerprint density at radius 1 is 1.03 bits per heavy atom. The van der Waals surface area contributed by atoms with Crippen LogP contribution in [-0.2, 0) is 16.1 Å². The smallest absolute Gasteiger partial charge is 0.228 e. The number of likely N-dealkylation sites (tertiary alicyclic amines) is 1. The average Bonchev–Trinajstić information content (AvgIpc) is 3.16. The van der Waals surface area contributed by atoms with E-state index in [9.17, 15) is 14.0 Å². The van der Waals surface area contributed by atoms with Crippen LogP contribution >= 0.6 is 0 Å². The maximum absolute atomic E-state index is 13.1. The fourth-order valence-corrected chi connectivity index (χ4v) is 4.15. The lowest BCUT2D eigenvalue weighted by molar-refractivity contribution is -0.121. The molecule has 2 fully saturated rings. The van der Waals surface area contributed by atoms with Gasteiger partial charge in [0.25, 0.3) is 0 Å². The highest BCUT2D eigenvalue weighted by Gasteiger charge is 2.26. The maximum Gasteiger partial charge on any atom is 0.228 e. The van der Waals surface area contributed by atoms with Crippen LogP contribution in [-0.4, -0.2) is 36.3 Å². The van der Waals surface area contributed by atoms with Gasteiger partial charge in [-0.3, -0.25) is 14.5 Å². The summed E-state index contributed by atoms with van der Waals surface area (Å²) >= 11 is 0. The number of carbonyl (C=O) groups excluding carboxylic acids is 2. The molecule has 2 heterocycles. The fourth-order valence-electron chi connectivity index (χ4n) is 4.15. The summed E-state index contributed by atoms with van der Waals surface area (Å²) in [5.74, 6) is -0.113. The monoisotopic (exact) mass is 395 g/mol. The molecule has 1 atom stereocenters. The van der Waals surface area contributed by atoms with Crippen molar-refractivity contribution in [2.24, 2.45) is 5.92 Å². The SMILES string of the molecule is O=C(Nc1ccc(N2CCCC2=O)cc1)C1CCCN(Cc2ccc(F)cc2)C1. The molecule has 0 aromatic heterocycles. The zero-order chi connectivity index (χ0) is 20.2. The Labute approximate surface area is 170 Å². The van der Waals surface area contributed by atoms with Crippen LogP contribution in [0.15, 0.2) is 48.5 Å². The number of nitrogens with one attached hydrogen (secondary N) is 1. The fraction of sp³-hybridized carbons (Fsp3) is 0.391. The van der Waals surface area contributed by atoms with Crippen molar-refractivity contribution in [1.29, 1.82) is 0 Å². The first-order valence-electron chi connectivity index (χ1n) is 10.3. The van der Waals surface area contributed by atoms with Crippen molar-refractivity contribution in [2.45, 2.75) is 32.2 Å². The first-order chi connectivity index (χ1) is 14.1. The molecule has 4 rings (SSSR count). The van der Waals surface area contributed by atoms with Gasteiger partial charge in [-0.1, -0.05) is 12.1 Å². The Kier molecular flexibility index (Phi) is 5.90. The van der Waals surface area contributed by atoms with Crippen molar-refractivity contribution in [2.75, 3.05) is 29.9 Å². The molecule has 1 N–H and O–H groups in total. The molecule has 0 bridgehead atoms. The Morgan fingerprint density at radius 3 is 2.48 bits per heavy atom. The molecule has 0 saturated carbocycles. The van der Waals surface area contributed by atoms with Gasteiger partial charge in [0, 0.05) is 37.4 Å². The topological polar surface area (TPSA) is 52.7 Å². The lowest BCUT2D eigenvalue weighted by Gasteiger charge is -2.32. The number of carbonyl (C=O) groups is 2. The number of nitrogens with zero attached hydrogens (tertiary/aromatic N) is 2. The molecular weight excluding hydrogens is 369 g/mol. The predicted molar refractivity (Wildman–Crippen MR) is 111 cm³/mol. The lowest BCUT2D eigenvalue weighted by atomic mass is 9.96. The Hall–Kier alpha value is -2.73. The van der Waals surface area contributed by atoms with Crippen molar-refractivity contribution in [3.63, 3.8) is 0 Å². The van der Waals surface area contributed by atoms with Crippen molar-refractivity contribution >= 4 is 23.2 Å². The standard InChI is InChI=1S/C23H26FN3O2/c24-19-7-5-17(6-8-19)15-26-13-1-3-18(16-26)23(29)25-20-9-11-21(12-10-20)27-14-2-4-22(27)28/h5-12,18H,1-4,13-16H2,(H,25,29). The normalized spacial score (nSPS) is 20.1. The molecule has 6 heteroatoms. The zero-order valence-corrected chi connectivity index (χ0v) is 16.4. The van der Waals surface area contributed by atoms with Gasteiger partial charge in [0.2, 0.25) is 11.8 Å². The molecule has 2 aromatic rings. The van der Waals surface area contributed by atoms with E-state index in [1.165, 1.54) is 12.1 Å². The van der Waals surface area contributed by atoms with Crippen LogP contribution in [0.3, 0.4) is 0 Å². The summed E-state index contributed by atoms with van der Waals surface area (Å²) < 4.78 is 13.1. The van der Waals surface area contributed by atoms with E-state index in [0.29, 0.717) is 13.0 Å². The molecule has 2 aliphatic rings. The molecule has 5 nitrogen and oxygen atoms in total. The summed E-state index contributed by atoms with van der Waals surface area (Å²) in [6.07, 6.45) is 3.34. The van der Waals surface area contributed by atoms with Gasteiger partial charge < -0.3 is 10.2 Å². The van der Waals surface area contributed by atoms with Crippen molar-refractivity contribution in [1.82, 2.24) is 4.90 Å². The molecule has 29 heavy (non-hydrogen) atoms. The van der Waals surface area contributed by atoms with Crippen LogP contribution in [0.5, 0.6) is 0 Å². The van der Waals surface area contributed by atoms with Gasteiger partial charge in [-0.25, -0.2) is 4.39 Å². The van der Waals surface area contributed by atoms with Crippen LogP contribution in [0, 0.1) is 11.7 Å². The van der Waals surface area contributed by atoms with E-state index in [-0.39, 0.29) is 23.5 Å². The molecule has 152 valence electrons. The third kappa shape index (κ3) is 4.82. The summed E-state index contributed by atoms with van der Waals surface area (Å²) in [5.41, 5.74) is 2.69. The van der Waals surface area contributed by atoms with Crippen LogP contribution < -0.4 is 10.2 Å². The van der Waals surface area contributed by atoms with Gasteiger partial charge in [-0.2, -0.15) is 0 Å². The largest absolute Gasteiger partial charge is 0.326 e. The molecule has 1 unspecified atom stereocenters. The molecule has 0 radical (unpaired) electrons. The van der Waals surface area contributed by atoms with E-state index in [1.807, 2.05) is 24.3 Å². The number of halogens is 1. The molecule has 2 aliphatic heterocycles. The highest BCUT2D eigenvalue weighted by Crippen LogP contribution is 2.24. The number of rotatable bonds is 5. The lowest BCUT2D eigenvalue weighted by Crippen LogP contribution is -2.40. The molecule has 2 saturated heterocycles. The minimum Gasteiger partial charge on any atom is -0.326 e. The van der Waals surface area contributed by atoms with Crippen molar-refractivity contribution in [3.05, 3.63) is 59.9 Å². The second-order valence-corrected chi connectivity index (χ2v) is 7.89. The van der Waals surface area contributed by atoms with Gasteiger partial charge in [-0.05, 0) is 67.8 Å². The Bertz CT molecular complexity index is 867. The highest BCUT2D eigenvalue weighted by atomic mass is 19.1. The zero-order valence-electron chi connectivity index (χ0n) is 16.4. The van der Waals surface area contributed by atoms with E-state index >= 15 is 0 Å². The first-order valence-corrected chi connectivity index (χ1v) is 10.3.